The van der Waals surface area contributed by atoms with Crippen LogP contribution in [0.1, 0.15) is 23.2 Å². The van der Waals surface area contributed by atoms with Crippen molar-refractivity contribution in [3.05, 3.63) is 35.6 Å². The van der Waals surface area contributed by atoms with Gasteiger partial charge < -0.3 is 4.90 Å². The van der Waals surface area contributed by atoms with Crippen LogP contribution in [0.25, 0.3) is 0 Å². The summed E-state index contributed by atoms with van der Waals surface area (Å²) in [6.07, 6.45) is 2.09. The van der Waals surface area contributed by atoms with E-state index in [1.54, 1.807) is 4.90 Å². The van der Waals surface area contributed by atoms with Gasteiger partial charge in [0.05, 0.1) is 5.56 Å². The fourth-order valence-corrected chi connectivity index (χ4v) is 1.65. The van der Waals surface area contributed by atoms with Crippen LogP contribution in [-0.4, -0.2) is 23.9 Å². The summed E-state index contributed by atoms with van der Waals surface area (Å²) in [5.74, 6) is -0.492. The lowest BCUT2D eigenvalue weighted by Gasteiger charge is -2.14. The maximum absolute atomic E-state index is 12.8. The quantitative estimate of drug-likeness (QED) is 0.665. The van der Waals surface area contributed by atoms with Gasteiger partial charge in [-0.3, -0.25) is 4.79 Å². The SMILES string of the molecule is O=C(c1[c]ccc(F)c1)N1CCCC1. The van der Waals surface area contributed by atoms with E-state index in [4.69, 9.17) is 0 Å². The van der Waals surface area contributed by atoms with Crippen molar-refractivity contribution in [3.63, 3.8) is 0 Å². The van der Waals surface area contributed by atoms with E-state index in [1.165, 1.54) is 18.2 Å². The molecule has 0 N–H and O–H groups in total. The Labute approximate surface area is 82.3 Å². The number of likely N-dealkylation sites (tertiary alicyclic amines) is 1. The number of amides is 1. The van der Waals surface area contributed by atoms with Crippen LogP contribution in [0.5, 0.6) is 0 Å². The van der Waals surface area contributed by atoms with Gasteiger partial charge in [-0.05, 0) is 31.0 Å². The fraction of sp³-hybridized carbons (Fsp3) is 0.364. The van der Waals surface area contributed by atoms with Crippen LogP contribution in [0.3, 0.4) is 0 Å². The van der Waals surface area contributed by atoms with E-state index >= 15 is 0 Å². The molecule has 1 aliphatic rings. The van der Waals surface area contributed by atoms with Gasteiger partial charge >= 0.3 is 0 Å². The van der Waals surface area contributed by atoms with Crippen molar-refractivity contribution >= 4 is 5.91 Å². The molecule has 2 nitrogen and oxygen atoms in total. The molecule has 0 unspecified atom stereocenters. The predicted molar refractivity (Wildman–Crippen MR) is 50.4 cm³/mol. The number of carbonyl (C=O) groups excluding carboxylic acids is 1. The molecule has 14 heavy (non-hydrogen) atoms. The van der Waals surface area contributed by atoms with Crippen molar-refractivity contribution in [1.29, 1.82) is 0 Å². The topological polar surface area (TPSA) is 20.3 Å². The lowest BCUT2D eigenvalue weighted by atomic mass is 10.2. The third-order valence-corrected chi connectivity index (χ3v) is 2.39. The van der Waals surface area contributed by atoms with Gasteiger partial charge in [0.2, 0.25) is 0 Å². The molecule has 2 rings (SSSR count). The highest BCUT2D eigenvalue weighted by atomic mass is 19.1. The van der Waals surface area contributed by atoms with Crippen LogP contribution in [0, 0.1) is 11.9 Å². The van der Waals surface area contributed by atoms with E-state index in [0.29, 0.717) is 5.56 Å². The molecule has 0 bridgehead atoms. The second-order valence-corrected chi connectivity index (χ2v) is 3.42. The van der Waals surface area contributed by atoms with Crippen molar-refractivity contribution in [1.82, 2.24) is 4.90 Å². The molecular weight excluding hydrogens is 181 g/mol. The van der Waals surface area contributed by atoms with Crippen molar-refractivity contribution in [2.24, 2.45) is 0 Å². The van der Waals surface area contributed by atoms with Crippen LogP contribution in [-0.2, 0) is 0 Å². The third-order valence-electron chi connectivity index (χ3n) is 2.39. The van der Waals surface area contributed by atoms with Crippen molar-refractivity contribution in [3.8, 4) is 0 Å². The molecule has 1 aromatic carbocycles. The molecule has 3 heteroatoms. The van der Waals surface area contributed by atoms with Crippen molar-refractivity contribution in [2.75, 3.05) is 13.1 Å². The standard InChI is InChI=1S/C11H11FNO/c12-10-5-3-4-9(8-10)11(14)13-6-1-2-7-13/h3,5,8H,1-2,6-7H2. The minimum atomic E-state index is -0.383. The Bertz CT molecular complexity index is 345. The summed E-state index contributed by atoms with van der Waals surface area (Å²) >= 11 is 0. The summed E-state index contributed by atoms with van der Waals surface area (Å²) in [6, 6.07) is 6.73. The summed E-state index contributed by atoms with van der Waals surface area (Å²) in [6.45, 7) is 1.56. The van der Waals surface area contributed by atoms with E-state index < -0.39 is 0 Å². The predicted octanol–water partition coefficient (Wildman–Crippen LogP) is 1.86. The highest BCUT2D eigenvalue weighted by Crippen LogP contribution is 2.12. The number of halogens is 1. The molecule has 0 aromatic heterocycles. The maximum Gasteiger partial charge on any atom is 0.254 e. The largest absolute Gasteiger partial charge is 0.339 e. The highest BCUT2D eigenvalue weighted by Gasteiger charge is 2.19. The maximum atomic E-state index is 12.8. The lowest BCUT2D eigenvalue weighted by Crippen LogP contribution is -2.27. The first-order valence-corrected chi connectivity index (χ1v) is 4.74. The van der Waals surface area contributed by atoms with Crippen molar-refractivity contribution < 1.29 is 9.18 Å². The Kier molecular flexibility index (Phi) is 2.48. The lowest BCUT2D eigenvalue weighted by molar-refractivity contribution is 0.0792. The van der Waals surface area contributed by atoms with E-state index in [0.717, 1.165) is 25.9 Å². The molecule has 0 spiro atoms. The normalized spacial score (nSPS) is 15.9. The smallest absolute Gasteiger partial charge is 0.254 e. The summed E-state index contributed by atoms with van der Waals surface area (Å²) in [5.41, 5.74) is 0.326. The van der Waals surface area contributed by atoms with Gasteiger partial charge in [0, 0.05) is 13.1 Å². The van der Waals surface area contributed by atoms with E-state index in [-0.39, 0.29) is 11.7 Å². The number of hydrogen-bond donors (Lipinski definition) is 0. The van der Waals surface area contributed by atoms with Crippen LogP contribution in [0.2, 0.25) is 0 Å². The molecule has 1 saturated heterocycles. The zero-order valence-electron chi connectivity index (χ0n) is 7.79. The van der Waals surface area contributed by atoms with Crippen LogP contribution in [0.4, 0.5) is 4.39 Å². The highest BCUT2D eigenvalue weighted by molar-refractivity contribution is 5.94. The molecule has 73 valence electrons. The Morgan fingerprint density at radius 2 is 2.14 bits per heavy atom. The Morgan fingerprint density at radius 3 is 2.79 bits per heavy atom. The van der Waals surface area contributed by atoms with Gasteiger partial charge in [-0.2, -0.15) is 0 Å². The summed E-state index contributed by atoms with van der Waals surface area (Å²) < 4.78 is 12.8. The number of hydrogen-bond acceptors (Lipinski definition) is 1. The molecule has 0 aliphatic carbocycles. The molecular formula is C11H11FNO. The summed E-state index contributed by atoms with van der Waals surface area (Å²) in [4.78, 5) is 13.5. The average molecular weight is 192 g/mol. The van der Waals surface area contributed by atoms with Crippen LogP contribution >= 0.6 is 0 Å². The molecule has 0 saturated carbocycles. The zero-order valence-corrected chi connectivity index (χ0v) is 7.79. The minimum Gasteiger partial charge on any atom is -0.339 e. The van der Waals surface area contributed by atoms with E-state index in [1.807, 2.05) is 0 Å². The van der Waals surface area contributed by atoms with Gasteiger partial charge in [0.15, 0.2) is 0 Å². The van der Waals surface area contributed by atoms with Gasteiger partial charge in [-0.15, -0.1) is 0 Å². The number of rotatable bonds is 1. The third kappa shape index (κ3) is 1.76. The molecule has 1 aliphatic heterocycles. The van der Waals surface area contributed by atoms with Gasteiger partial charge in [-0.1, -0.05) is 6.07 Å². The summed E-state index contributed by atoms with van der Waals surface area (Å²) in [5, 5.41) is 0. The molecule has 1 aromatic rings. The molecule has 1 amide bonds. The first kappa shape index (κ1) is 9.19. The second-order valence-electron chi connectivity index (χ2n) is 3.42. The Morgan fingerprint density at radius 1 is 1.43 bits per heavy atom. The first-order valence-electron chi connectivity index (χ1n) is 4.74. The van der Waals surface area contributed by atoms with E-state index in [2.05, 4.69) is 6.07 Å². The first-order chi connectivity index (χ1) is 6.77. The van der Waals surface area contributed by atoms with Gasteiger partial charge in [-0.25, -0.2) is 4.39 Å². The van der Waals surface area contributed by atoms with Crippen molar-refractivity contribution in [2.45, 2.75) is 12.8 Å². The van der Waals surface area contributed by atoms with Crippen LogP contribution in [0.15, 0.2) is 18.2 Å². The van der Waals surface area contributed by atoms with Gasteiger partial charge in [0.1, 0.15) is 5.82 Å². The van der Waals surface area contributed by atoms with Gasteiger partial charge in [0.25, 0.3) is 5.91 Å². The monoisotopic (exact) mass is 192 g/mol. The van der Waals surface area contributed by atoms with E-state index in [9.17, 15) is 9.18 Å². The number of nitrogens with zero attached hydrogens (tertiary/aromatic N) is 1. The molecule has 1 heterocycles. The Hall–Kier alpha value is -1.38. The van der Waals surface area contributed by atoms with Crippen LogP contribution < -0.4 is 0 Å². The molecule has 1 radical (unpaired) electrons. The molecule has 0 atom stereocenters. The zero-order chi connectivity index (χ0) is 9.97. The second kappa shape index (κ2) is 3.78. The number of benzene rings is 1. The minimum absolute atomic E-state index is 0.109. The number of carbonyl (C=O) groups is 1. The fourth-order valence-electron chi connectivity index (χ4n) is 1.65. The average Bonchev–Trinajstić information content (AvgIpc) is 2.69. The molecule has 1 fully saturated rings. The summed E-state index contributed by atoms with van der Waals surface area (Å²) in [7, 11) is 0. The Balaban J connectivity index is 2.17.